The molecular weight excluding hydrogens is 318 g/mol. The third-order valence-electron chi connectivity index (χ3n) is 3.16. The molecule has 0 aliphatic heterocycles. The summed E-state index contributed by atoms with van der Waals surface area (Å²) < 4.78 is 15.9. The third-order valence-corrected chi connectivity index (χ3v) is 3.47. The lowest BCUT2D eigenvalue weighted by Crippen LogP contribution is -2.30. The Morgan fingerprint density at radius 3 is 2.39 bits per heavy atom. The molecule has 2 rings (SSSR count). The summed E-state index contributed by atoms with van der Waals surface area (Å²) in [5.41, 5.74) is 0.585. The van der Waals surface area contributed by atoms with Gasteiger partial charge in [-0.15, -0.1) is 0 Å². The van der Waals surface area contributed by atoms with Crippen molar-refractivity contribution in [2.75, 3.05) is 19.5 Å². The van der Waals surface area contributed by atoms with Crippen LogP contribution in [0.2, 0.25) is 5.02 Å². The van der Waals surface area contributed by atoms with Crippen LogP contribution in [0.3, 0.4) is 0 Å². The molecule has 0 fully saturated rings. The van der Waals surface area contributed by atoms with Crippen LogP contribution in [0.15, 0.2) is 42.5 Å². The van der Waals surface area contributed by atoms with Gasteiger partial charge in [0.05, 0.1) is 19.2 Å². The first kappa shape index (κ1) is 17.0. The van der Waals surface area contributed by atoms with Gasteiger partial charge in [-0.3, -0.25) is 4.79 Å². The number of benzene rings is 2. The number of carbonyl (C=O) groups excluding carboxylic acids is 1. The first-order valence-electron chi connectivity index (χ1n) is 6.99. The van der Waals surface area contributed by atoms with Crippen molar-refractivity contribution >= 4 is 23.2 Å². The molecule has 0 spiro atoms. The summed E-state index contributed by atoms with van der Waals surface area (Å²) in [6.07, 6.45) is -0.706. The Morgan fingerprint density at radius 1 is 1.04 bits per heavy atom. The maximum Gasteiger partial charge on any atom is 0.265 e. The monoisotopic (exact) mass is 335 g/mol. The molecular formula is C17H18ClNO4. The van der Waals surface area contributed by atoms with Gasteiger partial charge in [-0.1, -0.05) is 23.7 Å². The molecule has 1 amide bonds. The lowest BCUT2D eigenvalue weighted by molar-refractivity contribution is -0.122. The molecule has 122 valence electrons. The number of anilines is 1. The first-order chi connectivity index (χ1) is 11.0. The normalized spacial score (nSPS) is 11.5. The van der Waals surface area contributed by atoms with Crippen LogP contribution >= 0.6 is 11.6 Å². The second kappa shape index (κ2) is 7.74. The van der Waals surface area contributed by atoms with Crippen molar-refractivity contribution < 1.29 is 19.0 Å². The zero-order valence-corrected chi connectivity index (χ0v) is 13.9. The Kier molecular flexibility index (Phi) is 5.71. The number of hydrogen-bond donors (Lipinski definition) is 1. The molecule has 0 aliphatic carbocycles. The van der Waals surface area contributed by atoms with E-state index in [1.807, 2.05) is 0 Å². The molecule has 5 nitrogen and oxygen atoms in total. The number of ether oxygens (including phenoxy) is 3. The Balaban J connectivity index is 2.05. The summed E-state index contributed by atoms with van der Waals surface area (Å²) in [6, 6.07) is 12.1. The highest BCUT2D eigenvalue weighted by Crippen LogP contribution is 2.30. The van der Waals surface area contributed by atoms with E-state index < -0.39 is 6.10 Å². The van der Waals surface area contributed by atoms with Crippen molar-refractivity contribution in [1.29, 1.82) is 0 Å². The molecule has 23 heavy (non-hydrogen) atoms. The van der Waals surface area contributed by atoms with E-state index in [1.54, 1.807) is 56.5 Å². The third kappa shape index (κ3) is 4.29. The van der Waals surface area contributed by atoms with Crippen molar-refractivity contribution in [2.24, 2.45) is 0 Å². The topological polar surface area (TPSA) is 56.8 Å². The van der Waals surface area contributed by atoms with Crippen LogP contribution in [-0.2, 0) is 4.79 Å². The fraction of sp³-hybridized carbons (Fsp3) is 0.235. The highest BCUT2D eigenvalue weighted by atomic mass is 35.5. The van der Waals surface area contributed by atoms with Gasteiger partial charge in [0.1, 0.15) is 5.75 Å². The van der Waals surface area contributed by atoms with Crippen LogP contribution in [0.25, 0.3) is 0 Å². The van der Waals surface area contributed by atoms with Gasteiger partial charge in [-0.05, 0) is 31.2 Å². The number of methoxy groups -OCH3 is 2. The molecule has 0 saturated heterocycles. The average Bonchev–Trinajstić information content (AvgIpc) is 2.56. The molecule has 0 bridgehead atoms. The summed E-state index contributed by atoms with van der Waals surface area (Å²) in [4.78, 5) is 12.2. The molecule has 0 unspecified atom stereocenters. The Hall–Kier alpha value is -2.40. The zero-order chi connectivity index (χ0) is 16.8. The van der Waals surface area contributed by atoms with Crippen molar-refractivity contribution in [3.05, 3.63) is 47.5 Å². The van der Waals surface area contributed by atoms with Gasteiger partial charge in [0.15, 0.2) is 17.6 Å². The zero-order valence-electron chi connectivity index (χ0n) is 13.1. The summed E-state index contributed by atoms with van der Waals surface area (Å²) >= 11 is 6.02. The number of carbonyl (C=O) groups is 1. The molecule has 6 heteroatoms. The SMILES string of the molecule is COc1ccc(NC(=O)[C@@H](C)Oc2ccccc2Cl)cc1OC. The van der Waals surface area contributed by atoms with Crippen LogP contribution in [0.4, 0.5) is 5.69 Å². The highest BCUT2D eigenvalue weighted by molar-refractivity contribution is 6.32. The second-order valence-corrected chi connectivity index (χ2v) is 5.16. The fourth-order valence-electron chi connectivity index (χ4n) is 1.94. The van der Waals surface area contributed by atoms with Crippen molar-refractivity contribution in [3.8, 4) is 17.2 Å². The lowest BCUT2D eigenvalue weighted by atomic mass is 10.2. The minimum Gasteiger partial charge on any atom is -0.493 e. The summed E-state index contributed by atoms with van der Waals surface area (Å²) in [6.45, 7) is 1.65. The van der Waals surface area contributed by atoms with Crippen molar-refractivity contribution in [2.45, 2.75) is 13.0 Å². The molecule has 0 aliphatic rings. The van der Waals surface area contributed by atoms with E-state index in [0.717, 1.165) is 0 Å². The molecule has 1 N–H and O–H groups in total. The van der Waals surface area contributed by atoms with E-state index >= 15 is 0 Å². The minimum atomic E-state index is -0.706. The van der Waals surface area contributed by atoms with Crippen molar-refractivity contribution in [3.63, 3.8) is 0 Å². The Labute approximate surface area is 140 Å². The lowest BCUT2D eigenvalue weighted by Gasteiger charge is -2.16. The van der Waals surface area contributed by atoms with Gasteiger partial charge in [0, 0.05) is 11.8 Å². The summed E-state index contributed by atoms with van der Waals surface area (Å²) in [5.74, 6) is 1.29. The second-order valence-electron chi connectivity index (χ2n) is 4.75. The van der Waals surface area contributed by atoms with Crippen molar-refractivity contribution in [1.82, 2.24) is 0 Å². The smallest absolute Gasteiger partial charge is 0.265 e. The number of hydrogen-bond acceptors (Lipinski definition) is 4. The predicted octanol–water partition coefficient (Wildman–Crippen LogP) is 3.76. The summed E-state index contributed by atoms with van der Waals surface area (Å²) in [5, 5.41) is 3.22. The maximum absolute atomic E-state index is 12.2. The largest absolute Gasteiger partial charge is 0.493 e. The van der Waals surface area contributed by atoms with Crippen LogP contribution in [0.1, 0.15) is 6.92 Å². The molecule has 0 saturated carbocycles. The summed E-state index contributed by atoms with van der Waals surface area (Å²) in [7, 11) is 3.09. The number of para-hydroxylation sites is 1. The van der Waals surface area contributed by atoms with Crippen LogP contribution < -0.4 is 19.5 Å². The van der Waals surface area contributed by atoms with Gasteiger partial charge >= 0.3 is 0 Å². The van der Waals surface area contributed by atoms with E-state index in [-0.39, 0.29) is 5.91 Å². The maximum atomic E-state index is 12.2. The standard InChI is InChI=1S/C17H18ClNO4/c1-11(23-14-7-5-4-6-13(14)18)17(20)19-12-8-9-15(21-2)16(10-12)22-3/h4-11H,1-3H3,(H,19,20)/t11-/m1/s1. The molecule has 2 aromatic rings. The number of nitrogens with one attached hydrogen (secondary N) is 1. The molecule has 0 radical (unpaired) electrons. The Bertz CT molecular complexity index is 690. The highest BCUT2D eigenvalue weighted by Gasteiger charge is 2.17. The van der Waals surface area contributed by atoms with Gasteiger partial charge in [0.2, 0.25) is 0 Å². The molecule has 1 atom stereocenters. The quantitative estimate of drug-likeness (QED) is 0.873. The molecule has 0 aromatic heterocycles. The van der Waals surface area contributed by atoms with Crippen LogP contribution in [0.5, 0.6) is 17.2 Å². The number of rotatable bonds is 6. The van der Waals surface area contributed by atoms with E-state index in [1.165, 1.54) is 7.11 Å². The van der Waals surface area contributed by atoms with Crippen LogP contribution in [0, 0.1) is 0 Å². The van der Waals surface area contributed by atoms with Crippen LogP contribution in [-0.4, -0.2) is 26.2 Å². The number of halogens is 1. The molecule has 2 aromatic carbocycles. The van der Waals surface area contributed by atoms with E-state index in [4.69, 9.17) is 25.8 Å². The number of amides is 1. The fourth-order valence-corrected chi connectivity index (χ4v) is 2.12. The van der Waals surface area contributed by atoms with E-state index in [0.29, 0.717) is 28.0 Å². The predicted molar refractivity (Wildman–Crippen MR) is 89.7 cm³/mol. The minimum absolute atomic E-state index is 0.294. The van der Waals surface area contributed by atoms with Gasteiger partial charge < -0.3 is 19.5 Å². The van der Waals surface area contributed by atoms with E-state index in [2.05, 4.69) is 5.32 Å². The van der Waals surface area contributed by atoms with E-state index in [9.17, 15) is 4.79 Å². The van der Waals surface area contributed by atoms with Gasteiger partial charge in [0.25, 0.3) is 5.91 Å². The van der Waals surface area contributed by atoms with Gasteiger partial charge in [-0.25, -0.2) is 0 Å². The van der Waals surface area contributed by atoms with Gasteiger partial charge in [-0.2, -0.15) is 0 Å². The Morgan fingerprint density at radius 2 is 1.74 bits per heavy atom. The molecule has 0 heterocycles. The first-order valence-corrected chi connectivity index (χ1v) is 7.37. The average molecular weight is 336 g/mol.